The van der Waals surface area contributed by atoms with Crippen LogP contribution in [0.5, 0.6) is 0 Å². The number of nitrogens with zero attached hydrogens (tertiary/aromatic N) is 1. The lowest BCUT2D eigenvalue weighted by molar-refractivity contribution is 0.0825. The lowest BCUT2D eigenvalue weighted by Crippen LogP contribution is -2.30. The van der Waals surface area contributed by atoms with Gasteiger partial charge in [-0.15, -0.1) is 0 Å². The van der Waals surface area contributed by atoms with E-state index in [0.717, 1.165) is 5.69 Å². The van der Waals surface area contributed by atoms with Gasteiger partial charge in [0.05, 0.1) is 0 Å². The van der Waals surface area contributed by atoms with E-state index in [-0.39, 0.29) is 17.0 Å². The zero-order valence-corrected chi connectivity index (χ0v) is 8.84. The first kappa shape index (κ1) is 10.5. The van der Waals surface area contributed by atoms with Crippen LogP contribution < -0.4 is 5.56 Å². The minimum atomic E-state index is -0.318. The molecule has 1 amide bonds. The highest BCUT2D eigenvalue weighted by atomic mass is 16.2. The largest absolute Gasteiger partial charge is 0.345 e. The van der Waals surface area contributed by atoms with Gasteiger partial charge in [-0.3, -0.25) is 9.59 Å². The molecule has 0 spiro atoms. The van der Waals surface area contributed by atoms with Gasteiger partial charge < -0.3 is 9.88 Å². The maximum absolute atomic E-state index is 11.6. The molecule has 1 rings (SSSR count). The second-order valence-corrected chi connectivity index (χ2v) is 3.54. The van der Waals surface area contributed by atoms with Crippen molar-refractivity contribution in [2.24, 2.45) is 0 Å². The second-order valence-electron chi connectivity index (χ2n) is 3.54. The molecule has 1 heterocycles. The number of pyridine rings is 1. The molecular formula is C10H14N2O2. The lowest BCUT2D eigenvalue weighted by Gasteiger charge is -2.11. The molecule has 0 bridgehead atoms. The maximum atomic E-state index is 11.6. The number of nitrogens with one attached hydrogen (secondary N) is 1. The van der Waals surface area contributed by atoms with Crippen LogP contribution >= 0.6 is 0 Å². The third-order valence-corrected chi connectivity index (χ3v) is 1.99. The fourth-order valence-electron chi connectivity index (χ4n) is 1.34. The van der Waals surface area contributed by atoms with Crippen molar-refractivity contribution < 1.29 is 4.79 Å². The van der Waals surface area contributed by atoms with Crippen molar-refractivity contribution in [1.82, 2.24) is 9.88 Å². The fraction of sp³-hybridized carbons (Fsp3) is 0.400. The number of hydrogen-bond acceptors (Lipinski definition) is 2. The van der Waals surface area contributed by atoms with E-state index >= 15 is 0 Å². The summed E-state index contributed by atoms with van der Waals surface area (Å²) in [4.78, 5) is 27.1. The zero-order chi connectivity index (χ0) is 10.9. The van der Waals surface area contributed by atoms with E-state index in [1.54, 1.807) is 34.0 Å². The molecule has 0 fully saturated rings. The van der Waals surface area contributed by atoms with Gasteiger partial charge in [0.15, 0.2) is 0 Å². The highest BCUT2D eigenvalue weighted by Gasteiger charge is 2.15. The van der Waals surface area contributed by atoms with Crippen molar-refractivity contribution >= 4 is 5.91 Å². The Bertz CT molecular complexity index is 419. The standard InChI is InChI=1S/C10H14N2O2/c1-6-5-7(2)11-9(13)8(6)10(14)12(3)4/h5H,1-4H3,(H,11,13). The van der Waals surface area contributed by atoms with Gasteiger partial charge in [0, 0.05) is 19.8 Å². The number of aryl methyl sites for hydroxylation is 2. The monoisotopic (exact) mass is 194 g/mol. The minimum Gasteiger partial charge on any atom is -0.345 e. The maximum Gasteiger partial charge on any atom is 0.261 e. The molecular weight excluding hydrogens is 180 g/mol. The van der Waals surface area contributed by atoms with E-state index in [9.17, 15) is 9.59 Å². The topological polar surface area (TPSA) is 53.2 Å². The molecule has 0 aliphatic heterocycles. The molecule has 1 aromatic rings. The smallest absolute Gasteiger partial charge is 0.261 e. The molecule has 0 aromatic carbocycles. The number of carbonyl (C=O) groups excluding carboxylic acids is 1. The van der Waals surface area contributed by atoms with Gasteiger partial charge in [0.25, 0.3) is 11.5 Å². The Balaban J connectivity index is 3.36. The molecule has 0 aliphatic rings. The predicted octanol–water partition coefficient (Wildman–Crippen LogP) is 0.694. The number of aromatic amines is 1. The van der Waals surface area contributed by atoms with Crippen LogP contribution in [0.2, 0.25) is 0 Å². The van der Waals surface area contributed by atoms with Crippen LogP contribution in [0, 0.1) is 13.8 Å². The normalized spacial score (nSPS) is 10.0. The Morgan fingerprint density at radius 1 is 1.36 bits per heavy atom. The molecule has 0 saturated heterocycles. The number of carbonyl (C=O) groups is 1. The van der Waals surface area contributed by atoms with Crippen molar-refractivity contribution in [3.63, 3.8) is 0 Å². The van der Waals surface area contributed by atoms with E-state index in [2.05, 4.69) is 4.98 Å². The van der Waals surface area contributed by atoms with Gasteiger partial charge in [0.2, 0.25) is 0 Å². The summed E-state index contributed by atoms with van der Waals surface area (Å²) in [6, 6.07) is 1.79. The summed E-state index contributed by atoms with van der Waals surface area (Å²) in [6.07, 6.45) is 0. The molecule has 0 aliphatic carbocycles. The predicted molar refractivity (Wildman–Crippen MR) is 54.6 cm³/mol. The van der Waals surface area contributed by atoms with Crippen molar-refractivity contribution in [1.29, 1.82) is 0 Å². The summed E-state index contributed by atoms with van der Waals surface area (Å²) in [6.45, 7) is 3.55. The fourth-order valence-corrected chi connectivity index (χ4v) is 1.34. The molecule has 4 heteroatoms. The number of hydrogen-bond donors (Lipinski definition) is 1. The molecule has 0 atom stereocenters. The second kappa shape index (κ2) is 3.65. The average molecular weight is 194 g/mol. The van der Waals surface area contributed by atoms with Gasteiger partial charge >= 0.3 is 0 Å². The number of aromatic nitrogens is 1. The highest BCUT2D eigenvalue weighted by molar-refractivity contribution is 5.94. The zero-order valence-electron chi connectivity index (χ0n) is 8.84. The SMILES string of the molecule is Cc1cc(C)c(C(=O)N(C)C)c(=O)[nH]1. The van der Waals surface area contributed by atoms with Crippen molar-refractivity contribution in [3.05, 3.63) is 33.2 Å². The quantitative estimate of drug-likeness (QED) is 0.715. The van der Waals surface area contributed by atoms with Gasteiger partial charge in [-0.1, -0.05) is 0 Å². The summed E-state index contributed by atoms with van der Waals surface area (Å²) < 4.78 is 0. The molecule has 0 saturated carbocycles. The molecule has 0 unspecified atom stereocenters. The van der Waals surface area contributed by atoms with Gasteiger partial charge in [0.1, 0.15) is 5.56 Å². The van der Waals surface area contributed by atoms with Crippen molar-refractivity contribution in [2.45, 2.75) is 13.8 Å². The molecule has 4 nitrogen and oxygen atoms in total. The van der Waals surface area contributed by atoms with Gasteiger partial charge in [-0.2, -0.15) is 0 Å². The van der Waals surface area contributed by atoms with Crippen LogP contribution in [0.15, 0.2) is 10.9 Å². The highest BCUT2D eigenvalue weighted by Crippen LogP contribution is 2.05. The summed E-state index contributed by atoms with van der Waals surface area (Å²) in [5.74, 6) is -0.260. The first-order chi connectivity index (χ1) is 6.43. The van der Waals surface area contributed by atoms with E-state index < -0.39 is 0 Å². The van der Waals surface area contributed by atoms with E-state index in [1.165, 1.54) is 4.90 Å². The van der Waals surface area contributed by atoms with Crippen molar-refractivity contribution in [2.75, 3.05) is 14.1 Å². The molecule has 14 heavy (non-hydrogen) atoms. The minimum absolute atomic E-state index is 0.223. The average Bonchev–Trinajstić information content (AvgIpc) is 2.01. The van der Waals surface area contributed by atoms with Crippen LogP contribution in [-0.4, -0.2) is 29.9 Å². The van der Waals surface area contributed by atoms with Gasteiger partial charge in [-0.05, 0) is 25.5 Å². The number of H-pyrrole nitrogens is 1. The Labute approximate surface area is 82.6 Å². The van der Waals surface area contributed by atoms with E-state index in [0.29, 0.717) is 5.56 Å². The Morgan fingerprint density at radius 3 is 2.36 bits per heavy atom. The number of rotatable bonds is 1. The van der Waals surface area contributed by atoms with Crippen LogP contribution in [0.3, 0.4) is 0 Å². The van der Waals surface area contributed by atoms with Crippen LogP contribution in [0.1, 0.15) is 21.6 Å². The lowest BCUT2D eigenvalue weighted by atomic mass is 10.1. The van der Waals surface area contributed by atoms with Crippen LogP contribution in [0.4, 0.5) is 0 Å². The Morgan fingerprint density at radius 2 is 1.93 bits per heavy atom. The number of amides is 1. The first-order valence-corrected chi connectivity index (χ1v) is 4.35. The summed E-state index contributed by atoms with van der Waals surface area (Å²) in [5.41, 5.74) is 1.38. The third kappa shape index (κ3) is 1.84. The van der Waals surface area contributed by atoms with Crippen molar-refractivity contribution in [3.8, 4) is 0 Å². The van der Waals surface area contributed by atoms with Crippen LogP contribution in [-0.2, 0) is 0 Å². The van der Waals surface area contributed by atoms with Gasteiger partial charge in [-0.25, -0.2) is 0 Å². The molecule has 0 radical (unpaired) electrons. The van der Waals surface area contributed by atoms with E-state index in [4.69, 9.17) is 0 Å². The molecule has 76 valence electrons. The Hall–Kier alpha value is -1.58. The third-order valence-electron chi connectivity index (χ3n) is 1.99. The first-order valence-electron chi connectivity index (χ1n) is 4.35. The molecule has 1 N–H and O–H groups in total. The summed E-state index contributed by atoms with van der Waals surface area (Å²) >= 11 is 0. The summed E-state index contributed by atoms with van der Waals surface area (Å²) in [7, 11) is 3.25. The summed E-state index contributed by atoms with van der Waals surface area (Å²) in [5, 5.41) is 0. The van der Waals surface area contributed by atoms with Crippen LogP contribution in [0.25, 0.3) is 0 Å². The van der Waals surface area contributed by atoms with E-state index in [1.807, 2.05) is 0 Å². The Kier molecular flexibility index (Phi) is 2.74. The molecule has 1 aromatic heterocycles.